The van der Waals surface area contributed by atoms with Gasteiger partial charge in [-0.15, -0.1) is 0 Å². The molecule has 3 N–H and O–H groups in total. The minimum Gasteiger partial charge on any atom is -0.480 e. The third-order valence-electron chi connectivity index (χ3n) is 4.38. The zero-order valence-corrected chi connectivity index (χ0v) is 14.0. The molecular formula is C19H18N2O5. The fourth-order valence-corrected chi connectivity index (χ4v) is 3.03. The molecule has 0 bridgehead atoms. The summed E-state index contributed by atoms with van der Waals surface area (Å²) in [4.78, 5) is 50.7. The van der Waals surface area contributed by atoms with Gasteiger partial charge in [0.2, 0.25) is 0 Å². The molecule has 3 rings (SSSR count). The second-order valence-electron chi connectivity index (χ2n) is 6.24. The highest BCUT2D eigenvalue weighted by atomic mass is 16.4. The second kappa shape index (κ2) is 7.35. The second-order valence-corrected chi connectivity index (χ2v) is 6.24. The SMILES string of the molecule is O=C1CCCc2[nH]c(=O)c(C(=O)N[C@H](Cc3ccccc3)C(=O)O)cc21. The third kappa shape index (κ3) is 3.72. The van der Waals surface area contributed by atoms with Crippen LogP contribution in [0.3, 0.4) is 0 Å². The average molecular weight is 354 g/mol. The Hall–Kier alpha value is -3.22. The number of benzene rings is 1. The highest BCUT2D eigenvalue weighted by molar-refractivity contribution is 6.02. The summed E-state index contributed by atoms with van der Waals surface area (Å²) >= 11 is 0. The third-order valence-corrected chi connectivity index (χ3v) is 4.38. The Kier molecular flexibility index (Phi) is 4.97. The Balaban J connectivity index is 1.84. The summed E-state index contributed by atoms with van der Waals surface area (Å²) in [5.74, 6) is -2.14. The van der Waals surface area contributed by atoms with Crippen LogP contribution in [0.15, 0.2) is 41.2 Å². The largest absolute Gasteiger partial charge is 0.480 e. The molecule has 1 aromatic carbocycles. The van der Waals surface area contributed by atoms with Gasteiger partial charge >= 0.3 is 5.97 Å². The number of aromatic nitrogens is 1. The monoisotopic (exact) mass is 354 g/mol. The molecule has 1 atom stereocenters. The number of hydrogen-bond acceptors (Lipinski definition) is 4. The van der Waals surface area contributed by atoms with Crippen molar-refractivity contribution < 1.29 is 19.5 Å². The smallest absolute Gasteiger partial charge is 0.326 e. The van der Waals surface area contributed by atoms with E-state index < -0.39 is 23.5 Å². The Labute approximate surface area is 149 Å². The van der Waals surface area contributed by atoms with Crippen LogP contribution in [0.4, 0.5) is 0 Å². The van der Waals surface area contributed by atoms with Crippen LogP contribution in [0.25, 0.3) is 0 Å². The number of ketones is 1. The van der Waals surface area contributed by atoms with Crippen molar-refractivity contribution in [3.8, 4) is 0 Å². The van der Waals surface area contributed by atoms with Crippen LogP contribution in [0, 0.1) is 0 Å². The summed E-state index contributed by atoms with van der Waals surface area (Å²) in [7, 11) is 0. The van der Waals surface area contributed by atoms with Crippen LogP contribution in [0.2, 0.25) is 0 Å². The molecule has 26 heavy (non-hydrogen) atoms. The predicted octanol–water partition coefficient (Wildman–Crippen LogP) is 1.32. The van der Waals surface area contributed by atoms with E-state index in [0.29, 0.717) is 30.5 Å². The Bertz CT molecular complexity index is 917. The van der Waals surface area contributed by atoms with Gasteiger partial charge in [-0.3, -0.25) is 14.4 Å². The number of aryl methyl sites for hydroxylation is 1. The van der Waals surface area contributed by atoms with E-state index in [1.807, 2.05) is 6.07 Å². The maximum absolute atomic E-state index is 12.5. The summed E-state index contributed by atoms with van der Waals surface area (Å²) in [5.41, 5.74) is 0.727. The maximum atomic E-state index is 12.5. The van der Waals surface area contributed by atoms with Crippen molar-refractivity contribution in [2.45, 2.75) is 31.7 Å². The van der Waals surface area contributed by atoms with Gasteiger partial charge < -0.3 is 15.4 Å². The topological polar surface area (TPSA) is 116 Å². The molecule has 0 radical (unpaired) electrons. The lowest BCUT2D eigenvalue weighted by Crippen LogP contribution is -2.44. The first-order chi connectivity index (χ1) is 12.5. The number of amides is 1. The summed E-state index contributed by atoms with van der Waals surface area (Å²) in [5, 5.41) is 11.8. The van der Waals surface area contributed by atoms with Crippen molar-refractivity contribution in [1.29, 1.82) is 0 Å². The van der Waals surface area contributed by atoms with Crippen LogP contribution in [0.5, 0.6) is 0 Å². The number of carbonyl (C=O) groups is 3. The first kappa shape index (κ1) is 17.6. The normalized spacial score (nSPS) is 14.4. The van der Waals surface area contributed by atoms with Gasteiger partial charge in [0.15, 0.2) is 5.78 Å². The molecule has 1 heterocycles. The Morgan fingerprint density at radius 1 is 1.15 bits per heavy atom. The van der Waals surface area contributed by atoms with Crippen LogP contribution in [-0.2, 0) is 17.6 Å². The van der Waals surface area contributed by atoms with Gasteiger partial charge in [-0.25, -0.2) is 4.79 Å². The van der Waals surface area contributed by atoms with Gasteiger partial charge in [0.1, 0.15) is 11.6 Å². The van der Waals surface area contributed by atoms with Gasteiger partial charge in [-0.05, 0) is 24.5 Å². The number of hydrogen-bond donors (Lipinski definition) is 3. The highest BCUT2D eigenvalue weighted by Gasteiger charge is 2.25. The molecule has 2 aromatic rings. The summed E-state index contributed by atoms with van der Waals surface area (Å²) in [6, 6.07) is 8.95. The van der Waals surface area contributed by atoms with Crippen LogP contribution < -0.4 is 10.9 Å². The van der Waals surface area contributed by atoms with Crippen LogP contribution in [-0.4, -0.2) is 33.8 Å². The van der Waals surface area contributed by atoms with E-state index in [1.54, 1.807) is 24.3 Å². The lowest BCUT2D eigenvalue weighted by atomic mass is 9.93. The number of nitrogens with one attached hydrogen (secondary N) is 2. The lowest BCUT2D eigenvalue weighted by Gasteiger charge is -2.17. The quantitative estimate of drug-likeness (QED) is 0.749. The van der Waals surface area contributed by atoms with E-state index >= 15 is 0 Å². The number of rotatable bonds is 5. The molecule has 0 fully saturated rings. The molecule has 7 heteroatoms. The van der Waals surface area contributed by atoms with Gasteiger partial charge in [-0.2, -0.15) is 0 Å². The van der Waals surface area contributed by atoms with Crippen molar-refractivity contribution in [3.63, 3.8) is 0 Å². The van der Waals surface area contributed by atoms with E-state index in [-0.39, 0.29) is 17.8 Å². The first-order valence-corrected chi connectivity index (χ1v) is 8.32. The van der Waals surface area contributed by atoms with E-state index in [4.69, 9.17) is 0 Å². The molecule has 0 unspecified atom stereocenters. The number of fused-ring (bicyclic) bond motifs is 1. The van der Waals surface area contributed by atoms with Crippen molar-refractivity contribution in [1.82, 2.24) is 10.3 Å². The van der Waals surface area contributed by atoms with Crippen molar-refractivity contribution in [2.24, 2.45) is 0 Å². The van der Waals surface area contributed by atoms with Gasteiger partial charge in [-0.1, -0.05) is 30.3 Å². The average Bonchev–Trinajstić information content (AvgIpc) is 2.61. The standard InChI is InChI=1S/C19H18N2O5/c22-16-8-4-7-14-12(16)10-13(17(23)20-14)18(24)21-15(19(25)26)9-11-5-2-1-3-6-11/h1-3,5-6,10,15H,4,7-9H2,(H,20,23)(H,21,24)(H,25,26)/t15-/m1/s1. The number of aliphatic carboxylic acids is 1. The van der Waals surface area contributed by atoms with Crippen molar-refractivity contribution in [3.05, 3.63) is 69.1 Å². The number of H-pyrrole nitrogens is 1. The van der Waals surface area contributed by atoms with E-state index in [2.05, 4.69) is 10.3 Å². The number of carboxylic acid groups (broad SMARTS) is 1. The molecule has 7 nitrogen and oxygen atoms in total. The highest BCUT2D eigenvalue weighted by Crippen LogP contribution is 2.18. The van der Waals surface area contributed by atoms with Crippen molar-refractivity contribution >= 4 is 17.7 Å². The van der Waals surface area contributed by atoms with Crippen LogP contribution in [0.1, 0.15) is 44.8 Å². The molecule has 1 aliphatic rings. The molecule has 0 saturated carbocycles. The summed E-state index contributed by atoms with van der Waals surface area (Å²) in [6.07, 6.45) is 1.69. The van der Waals surface area contributed by atoms with Gasteiger partial charge in [0, 0.05) is 24.1 Å². The molecule has 1 aromatic heterocycles. The minimum atomic E-state index is -1.20. The maximum Gasteiger partial charge on any atom is 0.326 e. The fraction of sp³-hybridized carbons (Fsp3) is 0.263. The number of pyridine rings is 1. The zero-order valence-electron chi connectivity index (χ0n) is 14.0. The van der Waals surface area contributed by atoms with Crippen molar-refractivity contribution in [2.75, 3.05) is 0 Å². The zero-order chi connectivity index (χ0) is 18.7. The van der Waals surface area contributed by atoms with E-state index in [9.17, 15) is 24.3 Å². The molecule has 134 valence electrons. The minimum absolute atomic E-state index is 0.0870. The molecular weight excluding hydrogens is 336 g/mol. The predicted molar refractivity (Wildman–Crippen MR) is 93.4 cm³/mol. The summed E-state index contributed by atoms with van der Waals surface area (Å²) in [6.45, 7) is 0. The Morgan fingerprint density at radius 3 is 2.58 bits per heavy atom. The molecule has 0 spiro atoms. The molecule has 1 amide bonds. The van der Waals surface area contributed by atoms with Gasteiger partial charge in [0.05, 0.1) is 0 Å². The van der Waals surface area contributed by atoms with Crippen LogP contribution >= 0.6 is 0 Å². The molecule has 0 saturated heterocycles. The number of Topliss-reactive ketones (excluding diaryl/α,β-unsaturated/α-hetero) is 1. The van der Waals surface area contributed by atoms with Gasteiger partial charge in [0.25, 0.3) is 11.5 Å². The number of carbonyl (C=O) groups excluding carboxylic acids is 2. The van der Waals surface area contributed by atoms with E-state index in [0.717, 1.165) is 5.56 Å². The first-order valence-electron chi connectivity index (χ1n) is 8.32. The number of aromatic amines is 1. The van der Waals surface area contributed by atoms with E-state index in [1.165, 1.54) is 6.07 Å². The molecule has 0 aliphatic heterocycles. The Morgan fingerprint density at radius 2 is 1.88 bits per heavy atom. The number of carboxylic acids is 1. The fourth-order valence-electron chi connectivity index (χ4n) is 3.03. The molecule has 1 aliphatic carbocycles. The summed E-state index contributed by atoms with van der Waals surface area (Å²) < 4.78 is 0. The lowest BCUT2D eigenvalue weighted by molar-refractivity contribution is -0.139.